The predicted octanol–water partition coefficient (Wildman–Crippen LogP) is 2.41. The summed E-state index contributed by atoms with van der Waals surface area (Å²) < 4.78 is 41.6. The van der Waals surface area contributed by atoms with Gasteiger partial charge in [-0.2, -0.15) is 9.52 Å². The van der Waals surface area contributed by atoms with E-state index in [4.69, 9.17) is 13.9 Å². The van der Waals surface area contributed by atoms with Gasteiger partial charge in [-0.05, 0) is 18.2 Å². The summed E-state index contributed by atoms with van der Waals surface area (Å²) in [6.07, 6.45) is 3.04. The molecule has 1 aromatic heterocycles. The first-order valence-corrected chi connectivity index (χ1v) is 9.12. The van der Waals surface area contributed by atoms with Gasteiger partial charge in [0.25, 0.3) is 0 Å². The molecule has 0 saturated heterocycles. The van der Waals surface area contributed by atoms with Gasteiger partial charge < -0.3 is 13.9 Å². The largest absolute Gasteiger partial charge is 0.493 e. The van der Waals surface area contributed by atoms with E-state index in [9.17, 15) is 8.42 Å². The lowest BCUT2D eigenvalue weighted by molar-refractivity contribution is 0.329. The smallest absolute Gasteiger partial charge is 0.247 e. The van der Waals surface area contributed by atoms with Crippen LogP contribution in [0.15, 0.2) is 46.1 Å². The number of ether oxygens (including phenoxy) is 2. The number of hydrazone groups is 1. The quantitative estimate of drug-likeness (QED) is 0.827. The second-order valence-electron chi connectivity index (χ2n) is 5.36. The molecule has 0 aliphatic carbocycles. The van der Waals surface area contributed by atoms with E-state index in [0.717, 1.165) is 10.7 Å². The molecule has 0 saturated carbocycles. The van der Waals surface area contributed by atoms with E-state index in [-0.39, 0.29) is 0 Å². The van der Waals surface area contributed by atoms with E-state index in [1.54, 1.807) is 24.3 Å². The minimum absolute atomic E-state index is 0.379. The molecule has 0 bridgehead atoms. The van der Waals surface area contributed by atoms with Crippen LogP contribution >= 0.6 is 0 Å². The fraction of sp³-hybridized carbons (Fsp3) is 0.312. The van der Waals surface area contributed by atoms with E-state index < -0.39 is 16.1 Å². The number of para-hydroxylation sites is 1. The maximum absolute atomic E-state index is 12.2. The van der Waals surface area contributed by atoms with Crippen molar-refractivity contribution in [3.8, 4) is 11.5 Å². The van der Waals surface area contributed by atoms with Crippen LogP contribution in [0.3, 0.4) is 0 Å². The Balaban J connectivity index is 2.08. The topological polar surface area (TPSA) is 81.3 Å². The van der Waals surface area contributed by atoms with Crippen LogP contribution in [-0.4, -0.2) is 39.0 Å². The van der Waals surface area contributed by atoms with Gasteiger partial charge in [-0.1, -0.05) is 12.1 Å². The predicted molar refractivity (Wildman–Crippen MR) is 88.8 cm³/mol. The third kappa shape index (κ3) is 2.84. The molecule has 0 spiro atoms. The Morgan fingerprint density at radius 3 is 2.58 bits per heavy atom. The van der Waals surface area contributed by atoms with Gasteiger partial charge in [0, 0.05) is 12.0 Å². The summed E-state index contributed by atoms with van der Waals surface area (Å²) in [7, 11) is -0.500. The van der Waals surface area contributed by atoms with Gasteiger partial charge in [0.05, 0.1) is 32.8 Å². The van der Waals surface area contributed by atoms with Gasteiger partial charge in [-0.15, -0.1) is 0 Å². The highest BCUT2D eigenvalue weighted by Gasteiger charge is 2.37. The Morgan fingerprint density at radius 2 is 2.00 bits per heavy atom. The van der Waals surface area contributed by atoms with Gasteiger partial charge in [0.1, 0.15) is 11.5 Å². The van der Waals surface area contributed by atoms with Crippen molar-refractivity contribution in [3.63, 3.8) is 0 Å². The van der Waals surface area contributed by atoms with Gasteiger partial charge in [-0.3, -0.25) is 0 Å². The average Bonchev–Trinajstić information content (AvgIpc) is 3.22. The first-order valence-electron chi connectivity index (χ1n) is 7.27. The van der Waals surface area contributed by atoms with Crippen LogP contribution in [0.25, 0.3) is 0 Å². The van der Waals surface area contributed by atoms with E-state index in [2.05, 4.69) is 5.10 Å². The zero-order valence-electron chi connectivity index (χ0n) is 13.6. The molecule has 128 valence electrons. The van der Waals surface area contributed by atoms with Crippen molar-refractivity contribution < 1.29 is 22.3 Å². The highest BCUT2D eigenvalue weighted by Crippen LogP contribution is 2.42. The fourth-order valence-electron chi connectivity index (χ4n) is 2.79. The Labute approximate surface area is 140 Å². The van der Waals surface area contributed by atoms with Crippen molar-refractivity contribution in [2.75, 3.05) is 20.5 Å². The van der Waals surface area contributed by atoms with Gasteiger partial charge in [0.15, 0.2) is 11.5 Å². The molecule has 0 N–H and O–H groups in total. The van der Waals surface area contributed by atoms with Crippen LogP contribution in [0.2, 0.25) is 0 Å². The molecule has 0 fully saturated rings. The molecule has 8 heteroatoms. The number of furan rings is 1. The second kappa shape index (κ2) is 6.20. The van der Waals surface area contributed by atoms with E-state index in [0.29, 0.717) is 35.0 Å². The molecular formula is C16H18N2O5S. The lowest BCUT2D eigenvalue weighted by atomic mass is 10.0. The molecule has 0 amide bonds. The van der Waals surface area contributed by atoms with Crippen LogP contribution in [-0.2, 0) is 10.0 Å². The highest BCUT2D eigenvalue weighted by atomic mass is 32.2. The number of methoxy groups -OCH3 is 2. The molecule has 1 aliphatic heterocycles. The lowest BCUT2D eigenvalue weighted by Gasteiger charge is -2.23. The van der Waals surface area contributed by atoms with E-state index in [1.165, 1.54) is 20.5 Å². The highest BCUT2D eigenvalue weighted by molar-refractivity contribution is 7.88. The van der Waals surface area contributed by atoms with Crippen LogP contribution in [0, 0.1) is 0 Å². The normalized spacial score (nSPS) is 17.7. The number of nitrogens with zero attached hydrogens (tertiary/aromatic N) is 2. The minimum atomic E-state index is -3.56. The standard InChI is InChI=1S/C16H18N2O5S/c1-21-15-7-4-6-11(16(15)22-2)13-10-12(14-8-5-9-23-14)17-18(13)24(3,19)20/h4-9,13H,10H2,1-3H3. The van der Waals surface area contributed by atoms with E-state index >= 15 is 0 Å². The van der Waals surface area contributed by atoms with Gasteiger partial charge >= 0.3 is 0 Å². The monoisotopic (exact) mass is 350 g/mol. The maximum atomic E-state index is 12.2. The second-order valence-corrected chi connectivity index (χ2v) is 7.20. The molecule has 1 unspecified atom stereocenters. The summed E-state index contributed by atoms with van der Waals surface area (Å²) in [5.74, 6) is 1.58. The van der Waals surface area contributed by atoms with E-state index in [1.807, 2.05) is 6.07 Å². The number of hydrogen-bond acceptors (Lipinski definition) is 6. The third-order valence-electron chi connectivity index (χ3n) is 3.81. The molecular weight excluding hydrogens is 332 g/mol. The van der Waals surface area contributed by atoms with Gasteiger partial charge in [-0.25, -0.2) is 8.42 Å². The fourth-order valence-corrected chi connectivity index (χ4v) is 3.69. The Bertz CT molecular complexity index is 859. The van der Waals surface area contributed by atoms with Crippen LogP contribution in [0.5, 0.6) is 11.5 Å². The summed E-state index contributed by atoms with van der Waals surface area (Å²) >= 11 is 0. The molecule has 1 aliphatic rings. The summed E-state index contributed by atoms with van der Waals surface area (Å²) in [6.45, 7) is 0. The summed E-state index contributed by atoms with van der Waals surface area (Å²) in [5.41, 5.74) is 1.26. The van der Waals surface area contributed by atoms with Gasteiger partial charge in [0.2, 0.25) is 10.0 Å². The Hall–Kier alpha value is -2.48. The maximum Gasteiger partial charge on any atom is 0.247 e. The summed E-state index contributed by atoms with van der Waals surface area (Å²) in [6, 6.07) is 8.33. The van der Waals surface area contributed by atoms with Crippen LogP contribution in [0.4, 0.5) is 0 Å². The Morgan fingerprint density at radius 1 is 1.21 bits per heavy atom. The number of rotatable bonds is 5. The Kier molecular flexibility index (Phi) is 4.23. The molecule has 0 radical (unpaired) electrons. The summed E-state index contributed by atoms with van der Waals surface area (Å²) in [5, 5.41) is 4.26. The minimum Gasteiger partial charge on any atom is -0.493 e. The number of benzene rings is 1. The van der Waals surface area contributed by atoms with Crippen molar-refractivity contribution in [2.45, 2.75) is 12.5 Å². The summed E-state index contributed by atoms with van der Waals surface area (Å²) in [4.78, 5) is 0. The zero-order valence-corrected chi connectivity index (χ0v) is 14.4. The lowest BCUT2D eigenvalue weighted by Crippen LogP contribution is -2.26. The van der Waals surface area contributed by atoms with Crippen molar-refractivity contribution >= 4 is 15.7 Å². The molecule has 1 aromatic carbocycles. The van der Waals surface area contributed by atoms with Crippen LogP contribution in [0.1, 0.15) is 23.8 Å². The number of hydrogen-bond donors (Lipinski definition) is 0. The first-order chi connectivity index (χ1) is 11.5. The van der Waals surface area contributed by atoms with Crippen molar-refractivity contribution in [2.24, 2.45) is 5.10 Å². The molecule has 2 heterocycles. The van der Waals surface area contributed by atoms with Crippen molar-refractivity contribution in [1.29, 1.82) is 0 Å². The van der Waals surface area contributed by atoms with Crippen molar-refractivity contribution in [3.05, 3.63) is 47.9 Å². The molecule has 1 atom stereocenters. The SMILES string of the molecule is COc1cccc(C2CC(c3ccco3)=NN2S(C)(=O)=O)c1OC. The average molecular weight is 350 g/mol. The third-order valence-corrected chi connectivity index (χ3v) is 4.83. The van der Waals surface area contributed by atoms with Crippen molar-refractivity contribution in [1.82, 2.24) is 4.41 Å². The molecule has 3 rings (SSSR count). The first kappa shape index (κ1) is 16.4. The number of sulfonamides is 1. The molecule has 2 aromatic rings. The van der Waals surface area contributed by atoms with Crippen LogP contribution < -0.4 is 9.47 Å². The molecule has 7 nitrogen and oxygen atoms in total. The zero-order chi connectivity index (χ0) is 17.3. The molecule has 24 heavy (non-hydrogen) atoms.